The van der Waals surface area contributed by atoms with Gasteiger partial charge in [0, 0.05) is 22.9 Å². The molecule has 0 bridgehead atoms. The fraction of sp³-hybridized carbons (Fsp3) is 0.286. The second-order valence-corrected chi connectivity index (χ2v) is 8.25. The van der Waals surface area contributed by atoms with E-state index in [2.05, 4.69) is 10.3 Å². The van der Waals surface area contributed by atoms with Crippen LogP contribution >= 0.6 is 23.4 Å². The highest BCUT2D eigenvalue weighted by Crippen LogP contribution is 2.46. The van der Waals surface area contributed by atoms with Gasteiger partial charge in [0.25, 0.3) is 0 Å². The van der Waals surface area contributed by atoms with E-state index in [1.54, 1.807) is 6.07 Å². The van der Waals surface area contributed by atoms with Crippen molar-refractivity contribution in [1.82, 2.24) is 4.98 Å². The molecular formula is C21H19ClF4N2O3S. The SMILES string of the molecule is COc1ccc([C@H](Nc2cccc3[nH]c(=O)ccc23)[C@](O)(CSC)C(F)(F)F)c(Cl)c1F. The molecule has 3 N–H and O–H groups in total. The fourth-order valence-electron chi connectivity index (χ4n) is 3.40. The van der Waals surface area contributed by atoms with Gasteiger partial charge in [-0.25, -0.2) is 4.39 Å². The zero-order valence-corrected chi connectivity index (χ0v) is 18.5. The molecule has 0 amide bonds. The maximum absolute atomic E-state index is 14.6. The van der Waals surface area contributed by atoms with Crippen molar-refractivity contribution in [2.24, 2.45) is 0 Å². The third-order valence-electron chi connectivity index (χ3n) is 5.01. The highest BCUT2D eigenvalue weighted by Gasteiger charge is 2.59. The first-order valence-corrected chi connectivity index (χ1v) is 11.0. The van der Waals surface area contributed by atoms with Gasteiger partial charge < -0.3 is 20.1 Å². The minimum absolute atomic E-state index is 0.180. The first kappa shape index (κ1) is 24.2. The molecule has 2 atom stereocenters. The van der Waals surface area contributed by atoms with E-state index in [0.717, 1.165) is 17.8 Å². The average molecular weight is 491 g/mol. The van der Waals surface area contributed by atoms with E-state index in [-0.39, 0.29) is 22.6 Å². The van der Waals surface area contributed by atoms with Gasteiger partial charge in [-0.1, -0.05) is 23.7 Å². The minimum atomic E-state index is -5.09. The molecule has 0 saturated heterocycles. The van der Waals surface area contributed by atoms with Crippen LogP contribution in [0.2, 0.25) is 5.02 Å². The smallest absolute Gasteiger partial charge is 0.420 e. The molecule has 0 saturated carbocycles. The van der Waals surface area contributed by atoms with Gasteiger partial charge in [-0.3, -0.25) is 4.79 Å². The van der Waals surface area contributed by atoms with E-state index in [1.165, 1.54) is 43.7 Å². The second kappa shape index (κ2) is 9.21. The van der Waals surface area contributed by atoms with E-state index < -0.39 is 34.4 Å². The lowest BCUT2D eigenvalue weighted by atomic mass is 9.88. The molecule has 2 aromatic carbocycles. The number of aliphatic hydroxyl groups is 1. The number of hydrogen-bond donors (Lipinski definition) is 3. The zero-order chi connectivity index (χ0) is 23.7. The maximum Gasteiger partial charge on any atom is 0.420 e. The predicted molar refractivity (Wildman–Crippen MR) is 118 cm³/mol. The molecule has 0 spiro atoms. The molecule has 0 radical (unpaired) electrons. The summed E-state index contributed by atoms with van der Waals surface area (Å²) in [4.78, 5) is 14.2. The van der Waals surface area contributed by atoms with Crippen molar-refractivity contribution in [2.75, 3.05) is 24.4 Å². The topological polar surface area (TPSA) is 74.3 Å². The Morgan fingerprint density at radius 2 is 1.94 bits per heavy atom. The number of aromatic amines is 1. The van der Waals surface area contributed by atoms with Gasteiger partial charge in [0.1, 0.15) is 0 Å². The number of pyridine rings is 1. The summed E-state index contributed by atoms with van der Waals surface area (Å²) in [5.74, 6) is -2.05. The van der Waals surface area contributed by atoms with Crippen molar-refractivity contribution in [3.63, 3.8) is 0 Å². The van der Waals surface area contributed by atoms with E-state index in [1.807, 2.05) is 0 Å². The van der Waals surface area contributed by atoms with Gasteiger partial charge in [-0.2, -0.15) is 24.9 Å². The molecule has 11 heteroatoms. The van der Waals surface area contributed by atoms with Crippen LogP contribution in [0.3, 0.4) is 0 Å². The van der Waals surface area contributed by atoms with Crippen LogP contribution in [0.1, 0.15) is 11.6 Å². The van der Waals surface area contributed by atoms with Crippen molar-refractivity contribution in [2.45, 2.75) is 17.8 Å². The Kier molecular flexibility index (Phi) is 6.97. The number of alkyl halides is 3. The Morgan fingerprint density at radius 1 is 1.22 bits per heavy atom. The lowest BCUT2D eigenvalue weighted by molar-refractivity contribution is -0.256. The van der Waals surface area contributed by atoms with Crippen LogP contribution in [0.4, 0.5) is 23.2 Å². The van der Waals surface area contributed by atoms with E-state index in [0.29, 0.717) is 10.9 Å². The molecule has 0 unspecified atom stereocenters. The Hall–Kier alpha value is -2.43. The van der Waals surface area contributed by atoms with E-state index in [4.69, 9.17) is 16.3 Å². The number of nitrogens with one attached hydrogen (secondary N) is 2. The summed E-state index contributed by atoms with van der Waals surface area (Å²) in [6.07, 6.45) is -3.68. The number of benzene rings is 2. The summed E-state index contributed by atoms with van der Waals surface area (Å²) >= 11 is 6.88. The largest absolute Gasteiger partial charge is 0.494 e. The van der Waals surface area contributed by atoms with Gasteiger partial charge in [0.05, 0.1) is 23.7 Å². The van der Waals surface area contributed by atoms with Crippen LogP contribution < -0.4 is 15.6 Å². The molecule has 32 heavy (non-hydrogen) atoms. The standard InChI is InChI=1S/C21H19ClF4N2O3S/c1-31-15-8-6-12(17(22)18(15)23)19(20(30,10-32-2)21(24,25)26)28-14-5-3-4-13-11(14)7-9-16(29)27-13/h3-9,19,28,30H,10H2,1-2H3,(H,27,29)/t19-,20+/m0/s1. The van der Waals surface area contributed by atoms with Crippen molar-refractivity contribution in [3.05, 3.63) is 69.2 Å². The number of halogens is 5. The lowest BCUT2D eigenvalue weighted by Gasteiger charge is -2.39. The Balaban J connectivity index is 2.25. The Morgan fingerprint density at radius 3 is 2.56 bits per heavy atom. The number of anilines is 1. The number of ether oxygens (including phenoxy) is 1. The number of hydrogen-bond acceptors (Lipinski definition) is 5. The lowest BCUT2D eigenvalue weighted by Crippen LogP contribution is -2.54. The average Bonchev–Trinajstić information content (AvgIpc) is 2.73. The van der Waals surface area contributed by atoms with E-state index >= 15 is 0 Å². The van der Waals surface area contributed by atoms with Crippen LogP contribution in [-0.4, -0.2) is 41.0 Å². The quantitative estimate of drug-likeness (QED) is 0.400. The normalized spacial score (nSPS) is 14.8. The zero-order valence-electron chi connectivity index (χ0n) is 16.9. The predicted octanol–water partition coefficient (Wildman–Crippen LogP) is 5.14. The summed E-state index contributed by atoms with van der Waals surface area (Å²) < 4.78 is 62.0. The minimum Gasteiger partial charge on any atom is -0.494 e. The molecule has 172 valence electrons. The third-order valence-corrected chi connectivity index (χ3v) is 6.12. The molecule has 0 aliphatic heterocycles. The van der Waals surface area contributed by atoms with Gasteiger partial charge in [-0.05, 0) is 36.1 Å². The summed E-state index contributed by atoms with van der Waals surface area (Å²) in [6, 6.07) is 7.67. The highest BCUT2D eigenvalue weighted by atomic mass is 35.5. The van der Waals surface area contributed by atoms with Crippen molar-refractivity contribution in [3.8, 4) is 5.75 Å². The molecule has 1 heterocycles. The van der Waals surface area contributed by atoms with E-state index in [9.17, 15) is 27.5 Å². The number of H-pyrrole nitrogens is 1. The van der Waals surface area contributed by atoms with Crippen molar-refractivity contribution < 1.29 is 27.4 Å². The summed E-state index contributed by atoms with van der Waals surface area (Å²) in [7, 11) is 1.20. The van der Waals surface area contributed by atoms with Crippen molar-refractivity contribution in [1.29, 1.82) is 0 Å². The first-order chi connectivity index (χ1) is 15.0. The summed E-state index contributed by atoms with van der Waals surface area (Å²) in [5, 5.41) is 13.4. The van der Waals surface area contributed by atoms with Crippen LogP contribution in [0.5, 0.6) is 5.75 Å². The third kappa shape index (κ3) is 4.39. The Bertz CT molecular complexity index is 1190. The maximum atomic E-state index is 14.6. The van der Waals surface area contributed by atoms with Gasteiger partial charge in [-0.15, -0.1) is 0 Å². The highest BCUT2D eigenvalue weighted by molar-refractivity contribution is 7.98. The molecule has 0 aliphatic carbocycles. The molecule has 1 aromatic heterocycles. The number of aromatic nitrogens is 1. The second-order valence-electron chi connectivity index (χ2n) is 7.01. The molecule has 5 nitrogen and oxygen atoms in total. The van der Waals surface area contributed by atoms with Gasteiger partial charge in [0.15, 0.2) is 17.2 Å². The van der Waals surface area contributed by atoms with Gasteiger partial charge in [0.2, 0.25) is 5.56 Å². The van der Waals surface area contributed by atoms with Crippen molar-refractivity contribution >= 4 is 40.0 Å². The van der Waals surface area contributed by atoms with Crippen LogP contribution in [-0.2, 0) is 0 Å². The first-order valence-electron chi connectivity index (χ1n) is 9.22. The summed E-state index contributed by atoms with van der Waals surface area (Å²) in [5.41, 5.74) is -3.46. The van der Waals surface area contributed by atoms with Crippen LogP contribution in [0.25, 0.3) is 10.9 Å². The number of rotatable bonds is 7. The molecule has 3 aromatic rings. The monoisotopic (exact) mass is 490 g/mol. The molecular weight excluding hydrogens is 472 g/mol. The van der Waals surface area contributed by atoms with Gasteiger partial charge >= 0.3 is 6.18 Å². The number of fused-ring (bicyclic) bond motifs is 1. The molecule has 3 rings (SSSR count). The summed E-state index contributed by atoms with van der Waals surface area (Å²) in [6.45, 7) is 0. The number of methoxy groups -OCH3 is 1. The number of thioether (sulfide) groups is 1. The fourth-order valence-corrected chi connectivity index (χ4v) is 4.43. The van der Waals surface area contributed by atoms with Crippen LogP contribution in [0, 0.1) is 5.82 Å². The molecule has 0 aliphatic rings. The van der Waals surface area contributed by atoms with Crippen LogP contribution in [0.15, 0.2) is 47.3 Å². The molecule has 0 fully saturated rings. The Labute approximate surface area is 189 Å².